The molecule has 120 valence electrons. The average molecular weight is 317 g/mol. The van der Waals surface area contributed by atoms with Crippen molar-refractivity contribution in [2.24, 2.45) is 0 Å². The van der Waals surface area contributed by atoms with Gasteiger partial charge in [0.2, 0.25) is 0 Å². The first-order valence-corrected chi connectivity index (χ1v) is 8.26. The summed E-state index contributed by atoms with van der Waals surface area (Å²) >= 11 is 0. The van der Waals surface area contributed by atoms with Gasteiger partial charge in [0, 0.05) is 35.6 Å². The number of rotatable bonds is 2. The smallest absolute Gasteiger partial charge is 0.188 e. The number of fused-ring (bicyclic) bond motifs is 2. The zero-order chi connectivity index (χ0) is 16.5. The minimum atomic E-state index is 0.136. The van der Waals surface area contributed by atoms with E-state index in [1.54, 1.807) is 12.4 Å². The lowest BCUT2D eigenvalue weighted by Gasteiger charge is -2.34. The molecule has 4 nitrogen and oxygen atoms in total. The molecule has 0 aliphatic carbocycles. The number of piperidine rings is 1. The number of ketones is 1. The molecule has 2 atom stereocenters. The summed E-state index contributed by atoms with van der Waals surface area (Å²) in [5.41, 5.74) is 3.34. The number of hydrogen-bond donors (Lipinski definition) is 0. The Morgan fingerprint density at radius 1 is 0.917 bits per heavy atom. The zero-order valence-corrected chi connectivity index (χ0v) is 13.6. The Labute approximate surface area is 141 Å². The van der Waals surface area contributed by atoms with E-state index in [0.717, 1.165) is 35.4 Å². The number of aromatic nitrogens is 2. The minimum absolute atomic E-state index is 0.136. The fourth-order valence-corrected chi connectivity index (χ4v) is 3.72. The largest absolute Gasteiger partial charge is 0.292 e. The molecule has 0 spiro atoms. The van der Waals surface area contributed by atoms with Crippen LogP contribution < -0.4 is 0 Å². The third kappa shape index (κ3) is 2.59. The standard InChI is InChI=1S/C20H19N3O/c1-23-18-8-9-19(23)17(13-15-7-3-5-11-22-15)20(24)16(18)12-14-6-2-4-10-21-14/h2-7,10-13,18-19H,8-9H2,1H3/b16-12-,17-13-/t18-,19-/m0/s1. The van der Waals surface area contributed by atoms with Gasteiger partial charge in [0.05, 0.1) is 11.4 Å². The van der Waals surface area contributed by atoms with Crippen molar-refractivity contribution in [3.8, 4) is 0 Å². The molecule has 0 aromatic carbocycles. The maximum absolute atomic E-state index is 13.1. The lowest BCUT2D eigenvalue weighted by molar-refractivity contribution is -0.114. The van der Waals surface area contributed by atoms with E-state index in [-0.39, 0.29) is 17.9 Å². The van der Waals surface area contributed by atoms with Crippen molar-refractivity contribution in [3.63, 3.8) is 0 Å². The molecule has 2 fully saturated rings. The number of Topliss-reactive ketones (excluding diaryl/α,β-unsaturated/α-hetero) is 1. The minimum Gasteiger partial charge on any atom is -0.292 e. The molecule has 2 bridgehead atoms. The lowest BCUT2D eigenvalue weighted by atomic mass is 9.89. The molecule has 24 heavy (non-hydrogen) atoms. The third-order valence-electron chi connectivity index (χ3n) is 4.92. The van der Waals surface area contributed by atoms with Crippen LogP contribution in [0, 0.1) is 0 Å². The summed E-state index contributed by atoms with van der Waals surface area (Å²) in [7, 11) is 2.10. The predicted molar refractivity (Wildman–Crippen MR) is 94.0 cm³/mol. The number of carbonyl (C=O) groups is 1. The first-order valence-electron chi connectivity index (χ1n) is 8.26. The summed E-state index contributed by atoms with van der Waals surface area (Å²) in [5, 5.41) is 0. The molecule has 2 aromatic heterocycles. The van der Waals surface area contributed by atoms with Crippen LogP contribution in [0.1, 0.15) is 24.2 Å². The molecule has 4 heteroatoms. The molecule has 0 amide bonds. The van der Waals surface area contributed by atoms with Crippen LogP contribution in [0.3, 0.4) is 0 Å². The summed E-state index contributed by atoms with van der Waals surface area (Å²) in [4.78, 5) is 24.1. The molecule has 0 N–H and O–H groups in total. The molecular formula is C20H19N3O. The Balaban J connectivity index is 1.78. The second-order valence-electron chi connectivity index (χ2n) is 6.31. The van der Waals surface area contributed by atoms with Crippen molar-refractivity contribution in [3.05, 3.63) is 71.3 Å². The highest BCUT2D eigenvalue weighted by Crippen LogP contribution is 2.40. The molecule has 0 unspecified atom stereocenters. The Morgan fingerprint density at radius 3 is 1.83 bits per heavy atom. The number of hydrogen-bond acceptors (Lipinski definition) is 4. The second kappa shape index (κ2) is 6.13. The summed E-state index contributed by atoms with van der Waals surface area (Å²) in [6, 6.07) is 11.9. The Hall–Kier alpha value is -2.59. The van der Waals surface area contributed by atoms with Crippen LogP contribution in [-0.4, -0.2) is 39.8 Å². The first kappa shape index (κ1) is 15.0. The van der Waals surface area contributed by atoms with Gasteiger partial charge in [-0.05, 0) is 56.3 Å². The monoisotopic (exact) mass is 317 g/mol. The van der Waals surface area contributed by atoms with E-state index >= 15 is 0 Å². The molecule has 2 aromatic rings. The van der Waals surface area contributed by atoms with Gasteiger partial charge < -0.3 is 0 Å². The van der Waals surface area contributed by atoms with Crippen molar-refractivity contribution in [2.75, 3.05) is 7.05 Å². The van der Waals surface area contributed by atoms with E-state index in [1.165, 1.54) is 0 Å². The van der Waals surface area contributed by atoms with Crippen LogP contribution in [-0.2, 0) is 4.79 Å². The van der Waals surface area contributed by atoms with Crippen LogP contribution in [0.2, 0.25) is 0 Å². The number of pyridine rings is 2. The fraction of sp³-hybridized carbons (Fsp3) is 0.250. The van der Waals surface area contributed by atoms with E-state index in [2.05, 4.69) is 21.9 Å². The normalized spacial score (nSPS) is 27.1. The van der Waals surface area contributed by atoms with Crippen molar-refractivity contribution in [2.45, 2.75) is 24.9 Å². The zero-order valence-electron chi connectivity index (χ0n) is 13.6. The maximum Gasteiger partial charge on any atom is 0.188 e. The summed E-state index contributed by atoms with van der Waals surface area (Å²) < 4.78 is 0. The quantitative estimate of drug-likeness (QED) is 0.799. The van der Waals surface area contributed by atoms with E-state index in [0.29, 0.717) is 0 Å². The molecule has 2 saturated heterocycles. The van der Waals surface area contributed by atoms with Gasteiger partial charge in [0.15, 0.2) is 5.78 Å². The van der Waals surface area contributed by atoms with Crippen LogP contribution in [0.25, 0.3) is 12.2 Å². The van der Waals surface area contributed by atoms with Crippen LogP contribution in [0.5, 0.6) is 0 Å². The highest BCUT2D eigenvalue weighted by Gasteiger charge is 2.44. The number of likely N-dealkylation sites (N-methyl/N-ethyl adjacent to an activating group) is 1. The van der Waals surface area contributed by atoms with Gasteiger partial charge in [-0.15, -0.1) is 0 Å². The van der Waals surface area contributed by atoms with Gasteiger partial charge in [-0.25, -0.2) is 0 Å². The highest BCUT2D eigenvalue weighted by atomic mass is 16.1. The third-order valence-corrected chi connectivity index (χ3v) is 4.92. The maximum atomic E-state index is 13.1. The SMILES string of the molecule is CN1[C@H]2CC[C@H]1/C(=C/c1ccccn1)C(=O)/C2=C\c1ccccn1. The highest BCUT2D eigenvalue weighted by molar-refractivity contribution is 6.16. The second-order valence-corrected chi connectivity index (χ2v) is 6.31. The average Bonchev–Trinajstić information content (AvgIpc) is 2.93. The van der Waals surface area contributed by atoms with Crippen molar-refractivity contribution in [1.29, 1.82) is 0 Å². The molecule has 0 radical (unpaired) electrons. The Kier molecular flexibility index (Phi) is 3.82. The molecule has 4 heterocycles. The van der Waals surface area contributed by atoms with Crippen LogP contribution in [0.4, 0.5) is 0 Å². The first-order chi connectivity index (χ1) is 11.7. The molecule has 0 saturated carbocycles. The van der Waals surface area contributed by atoms with E-state index in [4.69, 9.17) is 0 Å². The van der Waals surface area contributed by atoms with Crippen LogP contribution >= 0.6 is 0 Å². The van der Waals surface area contributed by atoms with Crippen molar-refractivity contribution < 1.29 is 4.79 Å². The van der Waals surface area contributed by atoms with E-state index in [9.17, 15) is 4.79 Å². The van der Waals surface area contributed by atoms with Crippen molar-refractivity contribution >= 4 is 17.9 Å². The predicted octanol–water partition coefficient (Wildman–Crippen LogP) is 2.99. The van der Waals surface area contributed by atoms with Gasteiger partial charge in [-0.1, -0.05) is 12.1 Å². The summed E-state index contributed by atoms with van der Waals surface area (Å²) in [6.07, 6.45) is 9.40. The molecular weight excluding hydrogens is 298 g/mol. The van der Waals surface area contributed by atoms with Gasteiger partial charge in [-0.2, -0.15) is 0 Å². The molecule has 2 aliphatic rings. The number of nitrogens with zero attached hydrogens (tertiary/aromatic N) is 3. The lowest BCUT2D eigenvalue weighted by Crippen LogP contribution is -2.43. The molecule has 4 rings (SSSR count). The topological polar surface area (TPSA) is 46.1 Å². The van der Waals surface area contributed by atoms with Gasteiger partial charge in [-0.3, -0.25) is 19.7 Å². The van der Waals surface area contributed by atoms with E-state index in [1.807, 2.05) is 48.6 Å². The number of carbonyl (C=O) groups excluding carboxylic acids is 1. The van der Waals surface area contributed by atoms with Crippen LogP contribution in [0.15, 0.2) is 59.9 Å². The van der Waals surface area contributed by atoms with Gasteiger partial charge >= 0.3 is 0 Å². The van der Waals surface area contributed by atoms with Crippen molar-refractivity contribution in [1.82, 2.24) is 14.9 Å². The summed E-state index contributed by atoms with van der Waals surface area (Å²) in [6.45, 7) is 0. The van der Waals surface area contributed by atoms with E-state index < -0.39 is 0 Å². The van der Waals surface area contributed by atoms with Gasteiger partial charge in [0.1, 0.15) is 0 Å². The molecule has 2 aliphatic heterocycles. The fourth-order valence-electron chi connectivity index (χ4n) is 3.72. The Bertz CT molecular complexity index is 744. The van der Waals surface area contributed by atoms with Gasteiger partial charge in [0.25, 0.3) is 0 Å². The summed E-state index contributed by atoms with van der Waals surface area (Å²) in [5.74, 6) is 0.136. The Morgan fingerprint density at radius 2 is 1.42 bits per heavy atom.